The van der Waals surface area contributed by atoms with E-state index in [1.54, 1.807) is 0 Å². The summed E-state index contributed by atoms with van der Waals surface area (Å²) in [5, 5.41) is 3.44. The minimum atomic E-state index is 0.919. The van der Waals surface area contributed by atoms with Crippen LogP contribution in [0.4, 0.5) is 5.69 Å². The Labute approximate surface area is 190 Å². The van der Waals surface area contributed by atoms with Gasteiger partial charge in [-0.1, -0.05) is 47.6 Å². The van der Waals surface area contributed by atoms with Crippen molar-refractivity contribution in [2.45, 2.75) is 39.5 Å². The molecule has 0 saturated heterocycles. The molecule has 3 rings (SSSR count). The van der Waals surface area contributed by atoms with Crippen molar-refractivity contribution in [1.29, 1.82) is 0 Å². The number of allylic oxidation sites excluding steroid dienone is 3. The third-order valence-corrected chi connectivity index (χ3v) is 6.37. The Morgan fingerprint density at radius 1 is 1.23 bits per heavy atom. The highest BCUT2D eigenvalue weighted by molar-refractivity contribution is 9.10. The van der Waals surface area contributed by atoms with Gasteiger partial charge in [-0.3, -0.25) is 0 Å². The van der Waals surface area contributed by atoms with Gasteiger partial charge in [0.1, 0.15) is 0 Å². The molecule has 0 spiro atoms. The van der Waals surface area contributed by atoms with Gasteiger partial charge in [0.15, 0.2) is 0 Å². The number of nitrogens with one attached hydrogen (secondary N) is 1. The fourth-order valence-corrected chi connectivity index (χ4v) is 4.47. The van der Waals surface area contributed by atoms with Crippen LogP contribution in [0.1, 0.15) is 42.5 Å². The molecular formula is C27H33BrN2. The quantitative estimate of drug-likeness (QED) is 0.401. The normalized spacial score (nSPS) is 13.4. The van der Waals surface area contributed by atoms with Crippen molar-refractivity contribution in [2.75, 3.05) is 26.0 Å². The Balaban J connectivity index is 1.71. The third-order valence-electron chi connectivity index (χ3n) is 5.68. The molecule has 0 aromatic heterocycles. The standard InChI is InChI=1S/C27H33BrN2/c1-6-21-9-7-11-24(16-21)29-20(3)15-19(2)23-17-25-22(10-8-14-30(4)5)12-13-27(28)26(25)18-23/h7,9,11-13,15-16,18,29H,3,6,8,10,14,17H2,1-2,4-5H3/b19-15+. The van der Waals surface area contributed by atoms with Crippen LogP contribution >= 0.6 is 15.9 Å². The zero-order chi connectivity index (χ0) is 21.7. The van der Waals surface area contributed by atoms with Gasteiger partial charge < -0.3 is 10.2 Å². The average molecular weight is 465 g/mol. The topological polar surface area (TPSA) is 15.3 Å². The van der Waals surface area contributed by atoms with E-state index < -0.39 is 0 Å². The molecule has 0 atom stereocenters. The smallest absolute Gasteiger partial charge is 0.0386 e. The van der Waals surface area contributed by atoms with E-state index in [9.17, 15) is 0 Å². The molecule has 3 heteroatoms. The molecule has 1 aliphatic rings. The van der Waals surface area contributed by atoms with Gasteiger partial charge in [-0.05, 0) is 117 Å². The summed E-state index contributed by atoms with van der Waals surface area (Å²) < 4.78 is 1.19. The first kappa shape index (κ1) is 22.6. The number of halogens is 1. The van der Waals surface area contributed by atoms with E-state index in [-0.39, 0.29) is 0 Å². The molecule has 1 N–H and O–H groups in total. The molecule has 2 aromatic rings. The summed E-state index contributed by atoms with van der Waals surface area (Å²) in [6, 6.07) is 13.0. The van der Waals surface area contributed by atoms with Crippen LogP contribution in [0.25, 0.3) is 6.08 Å². The summed E-state index contributed by atoms with van der Waals surface area (Å²) in [6.45, 7) is 9.71. The average Bonchev–Trinajstić information content (AvgIpc) is 3.16. The number of rotatable bonds is 9. The number of anilines is 1. The molecule has 0 unspecified atom stereocenters. The molecule has 0 aliphatic heterocycles. The van der Waals surface area contributed by atoms with Crippen molar-refractivity contribution in [3.05, 3.63) is 92.6 Å². The first-order chi connectivity index (χ1) is 14.4. The highest BCUT2D eigenvalue weighted by atomic mass is 79.9. The maximum atomic E-state index is 4.23. The number of fused-ring (bicyclic) bond motifs is 1. The van der Waals surface area contributed by atoms with E-state index in [1.807, 2.05) is 0 Å². The maximum Gasteiger partial charge on any atom is 0.0386 e. The van der Waals surface area contributed by atoms with Crippen LogP contribution in [-0.2, 0) is 19.3 Å². The van der Waals surface area contributed by atoms with Crippen molar-refractivity contribution in [2.24, 2.45) is 0 Å². The highest BCUT2D eigenvalue weighted by Gasteiger charge is 2.19. The lowest BCUT2D eigenvalue weighted by Gasteiger charge is -2.13. The molecule has 2 nitrogen and oxygen atoms in total. The summed E-state index contributed by atoms with van der Waals surface area (Å²) >= 11 is 3.76. The Morgan fingerprint density at radius 3 is 2.77 bits per heavy atom. The molecule has 0 bridgehead atoms. The Morgan fingerprint density at radius 2 is 2.03 bits per heavy atom. The van der Waals surface area contributed by atoms with E-state index in [0.29, 0.717) is 0 Å². The summed E-state index contributed by atoms with van der Waals surface area (Å²) in [5.41, 5.74) is 10.3. The summed E-state index contributed by atoms with van der Waals surface area (Å²) in [6.07, 6.45) is 8.84. The molecule has 0 saturated carbocycles. The van der Waals surface area contributed by atoms with Crippen LogP contribution in [-0.4, -0.2) is 25.5 Å². The lowest BCUT2D eigenvalue weighted by Crippen LogP contribution is -2.13. The lowest BCUT2D eigenvalue weighted by molar-refractivity contribution is 0.400. The zero-order valence-electron chi connectivity index (χ0n) is 18.7. The summed E-state index contributed by atoms with van der Waals surface area (Å²) in [5.74, 6) is 0. The molecule has 0 radical (unpaired) electrons. The minimum Gasteiger partial charge on any atom is -0.356 e. The van der Waals surface area contributed by atoms with Crippen LogP contribution in [0.15, 0.2) is 70.4 Å². The fourth-order valence-electron chi connectivity index (χ4n) is 3.98. The molecule has 0 amide bonds. The second-order valence-corrected chi connectivity index (χ2v) is 9.24. The van der Waals surface area contributed by atoms with E-state index in [0.717, 1.165) is 37.2 Å². The van der Waals surface area contributed by atoms with E-state index in [4.69, 9.17) is 0 Å². The van der Waals surface area contributed by atoms with Crippen molar-refractivity contribution in [3.8, 4) is 0 Å². The zero-order valence-corrected chi connectivity index (χ0v) is 20.3. The fraction of sp³-hybridized carbons (Fsp3) is 0.333. The molecule has 0 heterocycles. The SMILES string of the molecule is C=C(/C=C(\C)C1=Cc2c(Br)ccc(CCCN(C)C)c2C1)Nc1cccc(CC)c1. The number of hydrogen-bond acceptors (Lipinski definition) is 2. The van der Waals surface area contributed by atoms with E-state index in [1.165, 1.54) is 44.3 Å². The Hall–Kier alpha value is -2.10. The van der Waals surface area contributed by atoms with Gasteiger partial charge in [-0.2, -0.15) is 0 Å². The Bertz CT molecular complexity index is 982. The third kappa shape index (κ3) is 5.74. The predicted octanol–water partition coefficient (Wildman–Crippen LogP) is 7.02. The van der Waals surface area contributed by atoms with Crippen molar-refractivity contribution in [3.63, 3.8) is 0 Å². The molecule has 30 heavy (non-hydrogen) atoms. The van der Waals surface area contributed by atoms with Crippen LogP contribution in [0.2, 0.25) is 0 Å². The van der Waals surface area contributed by atoms with Crippen LogP contribution in [0.5, 0.6) is 0 Å². The van der Waals surface area contributed by atoms with Crippen molar-refractivity contribution >= 4 is 27.7 Å². The number of nitrogens with zero attached hydrogens (tertiary/aromatic N) is 1. The first-order valence-electron chi connectivity index (χ1n) is 10.8. The van der Waals surface area contributed by atoms with Gasteiger partial charge in [0.05, 0.1) is 0 Å². The number of hydrogen-bond donors (Lipinski definition) is 1. The van der Waals surface area contributed by atoms with Gasteiger partial charge >= 0.3 is 0 Å². The number of aryl methyl sites for hydroxylation is 2. The molecule has 0 fully saturated rings. The van der Waals surface area contributed by atoms with Crippen molar-refractivity contribution in [1.82, 2.24) is 4.90 Å². The summed E-state index contributed by atoms with van der Waals surface area (Å²) in [4.78, 5) is 2.25. The first-order valence-corrected chi connectivity index (χ1v) is 11.6. The van der Waals surface area contributed by atoms with Gasteiger partial charge in [-0.25, -0.2) is 0 Å². The van der Waals surface area contributed by atoms with Crippen LogP contribution in [0, 0.1) is 0 Å². The summed E-state index contributed by atoms with van der Waals surface area (Å²) in [7, 11) is 4.28. The maximum absolute atomic E-state index is 4.23. The highest BCUT2D eigenvalue weighted by Crippen LogP contribution is 2.37. The second-order valence-electron chi connectivity index (χ2n) is 8.38. The molecular weight excluding hydrogens is 432 g/mol. The van der Waals surface area contributed by atoms with Gasteiger partial charge in [0.25, 0.3) is 0 Å². The van der Waals surface area contributed by atoms with E-state index >= 15 is 0 Å². The second kappa shape index (κ2) is 10.3. The van der Waals surface area contributed by atoms with Crippen molar-refractivity contribution < 1.29 is 0 Å². The van der Waals surface area contributed by atoms with E-state index in [2.05, 4.69) is 109 Å². The monoisotopic (exact) mass is 464 g/mol. The largest absolute Gasteiger partial charge is 0.356 e. The molecule has 158 valence electrons. The van der Waals surface area contributed by atoms with Gasteiger partial charge in [0, 0.05) is 15.9 Å². The van der Waals surface area contributed by atoms with Crippen LogP contribution in [0.3, 0.4) is 0 Å². The van der Waals surface area contributed by atoms with Gasteiger partial charge in [-0.15, -0.1) is 0 Å². The Kier molecular flexibility index (Phi) is 7.74. The van der Waals surface area contributed by atoms with Crippen LogP contribution < -0.4 is 5.32 Å². The minimum absolute atomic E-state index is 0.919. The number of benzene rings is 2. The van der Waals surface area contributed by atoms with Gasteiger partial charge in [0.2, 0.25) is 0 Å². The molecule has 2 aromatic carbocycles. The predicted molar refractivity (Wildman–Crippen MR) is 135 cm³/mol. The molecule has 1 aliphatic carbocycles. The lowest BCUT2D eigenvalue weighted by atomic mass is 9.97.